The summed E-state index contributed by atoms with van der Waals surface area (Å²) in [5.41, 5.74) is 3.90. The summed E-state index contributed by atoms with van der Waals surface area (Å²) in [5, 5.41) is 9.93. The Balaban J connectivity index is 1.98. The molecule has 1 saturated carbocycles. The smallest absolute Gasteiger partial charge is 0.0583 e. The van der Waals surface area contributed by atoms with Gasteiger partial charge in [-0.25, -0.2) is 0 Å². The highest BCUT2D eigenvalue weighted by molar-refractivity contribution is 5.30. The zero-order valence-electron chi connectivity index (χ0n) is 9.66. The van der Waals surface area contributed by atoms with Gasteiger partial charge in [0.25, 0.3) is 0 Å². The molecule has 1 nitrogen and oxygen atoms in total. The average molecular weight is 204 g/mol. The van der Waals surface area contributed by atoms with Gasteiger partial charge >= 0.3 is 0 Å². The van der Waals surface area contributed by atoms with Crippen LogP contribution in [0.3, 0.4) is 0 Å². The molecule has 1 N–H and O–H groups in total. The molecule has 1 aliphatic carbocycles. The Morgan fingerprint density at radius 1 is 1.33 bits per heavy atom. The van der Waals surface area contributed by atoms with Crippen LogP contribution in [0.2, 0.25) is 0 Å². The quantitative estimate of drug-likeness (QED) is 0.799. The lowest BCUT2D eigenvalue weighted by molar-refractivity contribution is 0.158. The molecule has 2 rings (SSSR count). The Kier molecular flexibility index (Phi) is 3.11. The molecule has 1 aromatic carbocycles. The van der Waals surface area contributed by atoms with Crippen molar-refractivity contribution in [2.45, 2.75) is 45.6 Å². The van der Waals surface area contributed by atoms with Crippen molar-refractivity contribution in [3.63, 3.8) is 0 Å². The topological polar surface area (TPSA) is 20.2 Å². The number of benzene rings is 1. The first kappa shape index (κ1) is 10.7. The van der Waals surface area contributed by atoms with Crippen LogP contribution in [0, 0.1) is 19.8 Å². The largest absolute Gasteiger partial charge is 0.393 e. The van der Waals surface area contributed by atoms with Gasteiger partial charge in [-0.3, -0.25) is 0 Å². The van der Waals surface area contributed by atoms with Gasteiger partial charge in [0.15, 0.2) is 0 Å². The molecule has 1 unspecified atom stereocenters. The van der Waals surface area contributed by atoms with Gasteiger partial charge in [-0.05, 0) is 43.7 Å². The van der Waals surface area contributed by atoms with Crippen molar-refractivity contribution in [2.24, 2.45) is 5.92 Å². The maximum Gasteiger partial charge on any atom is 0.0583 e. The van der Waals surface area contributed by atoms with E-state index in [4.69, 9.17) is 0 Å². The molecule has 1 heteroatoms. The molecule has 0 aliphatic heterocycles. The molecular formula is C14H20O. The van der Waals surface area contributed by atoms with E-state index in [1.54, 1.807) is 0 Å². The summed E-state index contributed by atoms with van der Waals surface area (Å²) < 4.78 is 0. The summed E-state index contributed by atoms with van der Waals surface area (Å²) in [6, 6.07) is 6.48. The summed E-state index contributed by atoms with van der Waals surface area (Å²) in [4.78, 5) is 0. The Morgan fingerprint density at radius 2 is 2.07 bits per heavy atom. The number of aliphatic hydroxyl groups excluding tert-OH is 1. The lowest BCUT2D eigenvalue weighted by Crippen LogP contribution is -2.12. The van der Waals surface area contributed by atoms with Crippen LogP contribution < -0.4 is 0 Å². The molecule has 1 fully saturated rings. The van der Waals surface area contributed by atoms with E-state index in [1.807, 2.05) is 0 Å². The lowest BCUT2D eigenvalue weighted by atomic mass is 9.98. The summed E-state index contributed by atoms with van der Waals surface area (Å²) in [5.74, 6) is 0.810. The van der Waals surface area contributed by atoms with Gasteiger partial charge in [0, 0.05) is 0 Å². The van der Waals surface area contributed by atoms with Gasteiger partial charge < -0.3 is 5.11 Å². The third-order valence-corrected chi connectivity index (χ3v) is 3.26. The Labute approximate surface area is 92.1 Å². The first-order valence-corrected chi connectivity index (χ1v) is 5.89. The molecular weight excluding hydrogens is 184 g/mol. The van der Waals surface area contributed by atoms with Crippen LogP contribution in [-0.2, 0) is 6.42 Å². The van der Waals surface area contributed by atoms with Crippen LogP contribution in [0.4, 0.5) is 0 Å². The number of aryl methyl sites for hydroxylation is 2. The van der Waals surface area contributed by atoms with E-state index in [0.717, 1.165) is 18.8 Å². The van der Waals surface area contributed by atoms with Crippen molar-refractivity contribution in [3.05, 3.63) is 34.9 Å². The maximum atomic E-state index is 9.93. The van der Waals surface area contributed by atoms with Crippen LogP contribution in [0.25, 0.3) is 0 Å². The number of rotatable bonds is 4. The molecule has 0 heterocycles. The van der Waals surface area contributed by atoms with Crippen LogP contribution in [0.1, 0.15) is 36.0 Å². The van der Waals surface area contributed by atoms with E-state index in [2.05, 4.69) is 32.0 Å². The third kappa shape index (κ3) is 3.07. The second-order valence-electron chi connectivity index (χ2n) is 4.97. The first-order chi connectivity index (χ1) is 7.15. The predicted molar refractivity (Wildman–Crippen MR) is 63.0 cm³/mol. The van der Waals surface area contributed by atoms with Crippen LogP contribution in [0.15, 0.2) is 18.2 Å². The van der Waals surface area contributed by atoms with Crippen molar-refractivity contribution in [2.75, 3.05) is 0 Å². The summed E-state index contributed by atoms with van der Waals surface area (Å²) in [6.07, 6.45) is 4.32. The van der Waals surface area contributed by atoms with Crippen molar-refractivity contribution in [1.29, 1.82) is 0 Å². The Hall–Kier alpha value is -0.820. The monoisotopic (exact) mass is 204 g/mol. The molecule has 1 aromatic rings. The first-order valence-electron chi connectivity index (χ1n) is 5.89. The fourth-order valence-electron chi connectivity index (χ4n) is 2.10. The number of hydrogen-bond acceptors (Lipinski definition) is 1. The van der Waals surface area contributed by atoms with E-state index in [-0.39, 0.29) is 6.10 Å². The van der Waals surface area contributed by atoms with Gasteiger partial charge in [-0.15, -0.1) is 0 Å². The minimum atomic E-state index is -0.141. The van der Waals surface area contributed by atoms with Gasteiger partial charge in [-0.1, -0.05) is 36.6 Å². The second-order valence-corrected chi connectivity index (χ2v) is 4.97. The van der Waals surface area contributed by atoms with Crippen molar-refractivity contribution in [3.8, 4) is 0 Å². The van der Waals surface area contributed by atoms with E-state index < -0.39 is 0 Å². The van der Waals surface area contributed by atoms with E-state index >= 15 is 0 Å². The molecule has 0 bridgehead atoms. The van der Waals surface area contributed by atoms with Crippen molar-refractivity contribution in [1.82, 2.24) is 0 Å². The van der Waals surface area contributed by atoms with Crippen LogP contribution >= 0.6 is 0 Å². The standard InChI is InChI=1S/C14H20O/c1-10-3-4-11(2)13(7-10)9-14(15)8-12-5-6-12/h3-4,7,12,14-15H,5-6,8-9H2,1-2H3. The fraction of sp³-hybridized carbons (Fsp3) is 0.571. The predicted octanol–water partition coefficient (Wildman–Crippen LogP) is 3.01. The van der Waals surface area contributed by atoms with Gasteiger partial charge in [-0.2, -0.15) is 0 Å². The minimum Gasteiger partial charge on any atom is -0.393 e. The van der Waals surface area contributed by atoms with Crippen molar-refractivity contribution >= 4 is 0 Å². The Morgan fingerprint density at radius 3 is 2.73 bits per heavy atom. The minimum absolute atomic E-state index is 0.141. The lowest BCUT2D eigenvalue weighted by Gasteiger charge is -2.12. The summed E-state index contributed by atoms with van der Waals surface area (Å²) in [6.45, 7) is 4.23. The normalized spacial score (nSPS) is 17.8. The highest BCUT2D eigenvalue weighted by atomic mass is 16.3. The molecule has 0 aromatic heterocycles. The maximum absolute atomic E-state index is 9.93. The van der Waals surface area contributed by atoms with E-state index in [0.29, 0.717) is 0 Å². The molecule has 1 atom stereocenters. The third-order valence-electron chi connectivity index (χ3n) is 3.26. The molecule has 0 spiro atoms. The summed E-state index contributed by atoms with van der Waals surface area (Å²) in [7, 11) is 0. The molecule has 15 heavy (non-hydrogen) atoms. The highest BCUT2D eigenvalue weighted by Gasteiger charge is 2.24. The molecule has 0 saturated heterocycles. The zero-order chi connectivity index (χ0) is 10.8. The number of hydrogen-bond donors (Lipinski definition) is 1. The van der Waals surface area contributed by atoms with Gasteiger partial charge in [0.2, 0.25) is 0 Å². The summed E-state index contributed by atoms with van der Waals surface area (Å²) >= 11 is 0. The molecule has 0 radical (unpaired) electrons. The van der Waals surface area contributed by atoms with Crippen molar-refractivity contribution < 1.29 is 5.11 Å². The van der Waals surface area contributed by atoms with Crippen LogP contribution in [-0.4, -0.2) is 11.2 Å². The number of aliphatic hydroxyl groups is 1. The molecule has 0 amide bonds. The fourth-order valence-corrected chi connectivity index (χ4v) is 2.10. The average Bonchev–Trinajstić information content (AvgIpc) is 2.95. The molecule has 1 aliphatic rings. The van der Waals surface area contributed by atoms with Gasteiger partial charge in [0.05, 0.1) is 6.10 Å². The SMILES string of the molecule is Cc1ccc(C)c(CC(O)CC2CC2)c1. The second kappa shape index (κ2) is 4.36. The van der Waals surface area contributed by atoms with Gasteiger partial charge in [0.1, 0.15) is 0 Å². The highest BCUT2D eigenvalue weighted by Crippen LogP contribution is 2.34. The van der Waals surface area contributed by atoms with E-state index in [9.17, 15) is 5.11 Å². The van der Waals surface area contributed by atoms with Crippen LogP contribution in [0.5, 0.6) is 0 Å². The zero-order valence-corrected chi connectivity index (χ0v) is 9.66. The molecule has 82 valence electrons. The van der Waals surface area contributed by atoms with E-state index in [1.165, 1.54) is 29.5 Å². The Bertz CT molecular complexity index is 339.